The normalized spacial score (nSPS) is 18.4. The minimum atomic E-state index is 0.0143. The molecule has 1 aromatic heterocycles. The Morgan fingerprint density at radius 3 is 3.00 bits per heavy atom. The average molecular weight is 270 g/mol. The van der Waals surface area contributed by atoms with Gasteiger partial charge in [-0.25, -0.2) is 0 Å². The largest absolute Gasteiger partial charge is 0.381 e. The Bertz CT molecular complexity index is 621. The van der Waals surface area contributed by atoms with E-state index in [0.717, 1.165) is 23.0 Å². The van der Waals surface area contributed by atoms with Crippen LogP contribution in [0.25, 0.3) is 10.9 Å². The molecule has 0 aliphatic carbocycles. The average Bonchev–Trinajstić information content (AvgIpc) is 3.00. The molecule has 0 N–H and O–H groups in total. The molecule has 104 valence electrons. The third-order valence-electron chi connectivity index (χ3n) is 3.71. The standard InChI is InChI=1S/C16H18N2O2/c1-18(16(19)13-8-9-20-11-13)10-14-7-6-12-4-2-3-5-15(12)17-14/h2-7,13H,8-11H2,1H3. The van der Waals surface area contributed by atoms with Crippen LogP contribution in [0, 0.1) is 5.92 Å². The summed E-state index contributed by atoms with van der Waals surface area (Å²) in [5.74, 6) is 0.165. The van der Waals surface area contributed by atoms with Crippen molar-refractivity contribution in [2.24, 2.45) is 5.92 Å². The van der Waals surface area contributed by atoms with Crippen LogP contribution in [0.1, 0.15) is 12.1 Å². The Labute approximate surface area is 118 Å². The Morgan fingerprint density at radius 1 is 1.35 bits per heavy atom. The first-order valence-electron chi connectivity index (χ1n) is 6.91. The number of ether oxygens (including phenoxy) is 1. The summed E-state index contributed by atoms with van der Waals surface area (Å²) in [6.45, 7) is 1.78. The first-order valence-corrected chi connectivity index (χ1v) is 6.91. The van der Waals surface area contributed by atoms with E-state index in [-0.39, 0.29) is 11.8 Å². The smallest absolute Gasteiger partial charge is 0.228 e. The molecule has 1 fully saturated rings. The van der Waals surface area contributed by atoms with Gasteiger partial charge in [0, 0.05) is 19.0 Å². The molecule has 0 bridgehead atoms. The Balaban J connectivity index is 1.73. The van der Waals surface area contributed by atoms with Crippen LogP contribution in [0.5, 0.6) is 0 Å². The van der Waals surface area contributed by atoms with Crippen LogP contribution in [-0.4, -0.2) is 36.1 Å². The molecule has 1 unspecified atom stereocenters. The molecular weight excluding hydrogens is 252 g/mol. The Morgan fingerprint density at radius 2 is 2.20 bits per heavy atom. The molecule has 1 aliphatic heterocycles. The first kappa shape index (κ1) is 13.1. The molecule has 1 saturated heterocycles. The van der Waals surface area contributed by atoms with E-state index in [1.807, 2.05) is 37.4 Å². The maximum absolute atomic E-state index is 12.2. The summed E-state index contributed by atoms with van der Waals surface area (Å²) in [6, 6.07) is 12.0. The van der Waals surface area contributed by atoms with E-state index < -0.39 is 0 Å². The van der Waals surface area contributed by atoms with E-state index in [2.05, 4.69) is 11.1 Å². The van der Waals surface area contributed by atoms with Gasteiger partial charge in [-0.2, -0.15) is 0 Å². The van der Waals surface area contributed by atoms with E-state index >= 15 is 0 Å². The highest BCUT2D eigenvalue weighted by Gasteiger charge is 2.26. The highest BCUT2D eigenvalue weighted by Crippen LogP contribution is 2.17. The van der Waals surface area contributed by atoms with Gasteiger partial charge in [0.15, 0.2) is 0 Å². The van der Waals surface area contributed by atoms with Crippen molar-refractivity contribution in [3.05, 3.63) is 42.1 Å². The highest BCUT2D eigenvalue weighted by molar-refractivity contribution is 5.80. The van der Waals surface area contributed by atoms with E-state index in [1.54, 1.807) is 4.90 Å². The molecule has 1 aliphatic rings. The van der Waals surface area contributed by atoms with Crippen LogP contribution >= 0.6 is 0 Å². The second kappa shape index (κ2) is 5.59. The third kappa shape index (κ3) is 2.65. The molecule has 0 radical (unpaired) electrons. The second-order valence-electron chi connectivity index (χ2n) is 5.25. The number of rotatable bonds is 3. The molecular formula is C16H18N2O2. The van der Waals surface area contributed by atoms with Crippen molar-refractivity contribution in [1.29, 1.82) is 0 Å². The van der Waals surface area contributed by atoms with E-state index in [4.69, 9.17) is 4.74 Å². The molecule has 0 spiro atoms. The van der Waals surface area contributed by atoms with Gasteiger partial charge in [-0.15, -0.1) is 0 Å². The van der Waals surface area contributed by atoms with Crippen LogP contribution in [0.3, 0.4) is 0 Å². The first-order chi connectivity index (χ1) is 9.74. The van der Waals surface area contributed by atoms with Gasteiger partial charge in [0.25, 0.3) is 0 Å². The Kier molecular flexibility index (Phi) is 3.65. The van der Waals surface area contributed by atoms with Crippen LogP contribution < -0.4 is 0 Å². The van der Waals surface area contributed by atoms with Crippen LogP contribution in [-0.2, 0) is 16.1 Å². The predicted octanol–water partition coefficient (Wildman–Crippen LogP) is 2.23. The monoisotopic (exact) mass is 270 g/mol. The fraction of sp³-hybridized carbons (Fsp3) is 0.375. The number of carbonyl (C=O) groups is 1. The van der Waals surface area contributed by atoms with E-state index in [0.29, 0.717) is 19.8 Å². The molecule has 4 heteroatoms. The number of nitrogens with zero attached hydrogens (tertiary/aromatic N) is 2. The molecule has 1 aromatic carbocycles. The lowest BCUT2D eigenvalue weighted by Gasteiger charge is -2.20. The van der Waals surface area contributed by atoms with Crippen molar-refractivity contribution in [3.8, 4) is 0 Å². The highest BCUT2D eigenvalue weighted by atomic mass is 16.5. The zero-order valence-corrected chi connectivity index (χ0v) is 11.6. The van der Waals surface area contributed by atoms with Gasteiger partial charge in [0.2, 0.25) is 5.91 Å². The quantitative estimate of drug-likeness (QED) is 0.859. The van der Waals surface area contributed by atoms with Gasteiger partial charge < -0.3 is 9.64 Å². The number of hydrogen-bond donors (Lipinski definition) is 0. The summed E-state index contributed by atoms with van der Waals surface area (Å²) < 4.78 is 5.27. The number of carbonyl (C=O) groups excluding carboxylic acids is 1. The van der Waals surface area contributed by atoms with E-state index in [1.165, 1.54) is 0 Å². The maximum atomic E-state index is 12.2. The minimum absolute atomic E-state index is 0.0143. The number of aromatic nitrogens is 1. The molecule has 2 aromatic rings. The number of amides is 1. The van der Waals surface area contributed by atoms with Crippen LogP contribution in [0.2, 0.25) is 0 Å². The van der Waals surface area contributed by atoms with Crippen molar-refractivity contribution in [1.82, 2.24) is 9.88 Å². The molecule has 4 nitrogen and oxygen atoms in total. The van der Waals surface area contributed by atoms with Crippen molar-refractivity contribution in [2.75, 3.05) is 20.3 Å². The number of fused-ring (bicyclic) bond motifs is 1. The molecule has 2 heterocycles. The number of benzene rings is 1. The van der Waals surface area contributed by atoms with Gasteiger partial charge in [-0.05, 0) is 18.6 Å². The summed E-state index contributed by atoms with van der Waals surface area (Å²) in [7, 11) is 1.83. The van der Waals surface area contributed by atoms with Crippen molar-refractivity contribution >= 4 is 16.8 Å². The molecule has 0 saturated carbocycles. The summed E-state index contributed by atoms with van der Waals surface area (Å²) >= 11 is 0. The van der Waals surface area contributed by atoms with E-state index in [9.17, 15) is 4.79 Å². The number of hydrogen-bond acceptors (Lipinski definition) is 3. The third-order valence-corrected chi connectivity index (χ3v) is 3.71. The van der Waals surface area contributed by atoms with Gasteiger partial charge in [-0.1, -0.05) is 24.3 Å². The summed E-state index contributed by atoms with van der Waals surface area (Å²) in [4.78, 5) is 18.6. The van der Waals surface area contributed by atoms with Crippen molar-refractivity contribution < 1.29 is 9.53 Å². The van der Waals surface area contributed by atoms with Gasteiger partial charge in [0.1, 0.15) is 0 Å². The summed E-state index contributed by atoms with van der Waals surface area (Å²) in [5.41, 5.74) is 1.88. The zero-order chi connectivity index (χ0) is 13.9. The summed E-state index contributed by atoms with van der Waals surface area (Å²) in [5, 5.41) is 1.12. The zero-order valence-electron chi connectivity index (χ0n) is 11.6. The van der Waals surface area contributed by atoms with Crippen LogP contribution in [0.15, 0.2) is 36.4 Å². The lowest BCUT2D eigenvalue weighted by Crippen LogP contribution is -2.33. The van der Waals surface area contributed by atoms with Crippen molar-refractivity contribution in [3.63, 3.8) is 0 Å². The minimum Gasteiger partial charge on any atom is -0.381 e. The number of para-hydroxylation sites is 1. The van der Waals surface area contributed by atoms with Crippen LogP contribution in [0.4, 0.5) is 0 Å². The molecule has 1 atom stereocenters. The Hall–Kier alpha value is -1.94. The summed E-state index contributed by atoms with van der Waals surface area (Å²) in [6.07, 6.45) is 0.828. The maximum Gasteiger partial charge on any atom is 0.228 e. The second-order valence-corrected chi connectivity index (χ2v) is 5.25. The lowest BCUT2D eigenvalue weighted by atomic mass is 10.1. The molecule has 1 amide bonds. The molecule has 3 rings (SSSR count). The SMILES string of the molecule is CN(Cc1ccc2ccccc2n1)C(=O)C1CCOC1. The fourth-order valence-corrected chi connectivity index (χ4v) is 2.56. The fourth-order valence-electron chi connectivity index (χ4n) is 2.56. The predicted molar refractivity (Wildman–Crippen MR) is 77.1 cm³/mol. The van der Waals surface area contributed by atoms with Gasteiger partial charge in [-0.3, -0.25) is 9.78 Å². The molecule has 20 heavy (non-hydrogen) atoms. The van der Waals surface area contributed by atoms with Crippen molar-refractivity contribution in [2.45, 2.75) is 13.0 Å². The number of pyridine rings is 1. The van der Waals surface area contributed by atoms with Gasteiger partial charge >= 0.3 is 0 Å². The van der Waals surface area contributed by atoms with Gasteiger partial charge in [0.05, 0.1) is 30.3 Å². The lowest BCUT2D eigenvalue weighted by molar-refractivity contribution is -0.134. The topological polar surface area (TPSA) is 42.4 Å².